The van der Waals surface area contributed by atoms with Crippen LogP contribution in [0.1, 0.15) is 44.4 Å². The SMILES string of the molecule is CCN1c2cc(C)c(/C=C3/SC(=Nc4ccccc4)N(CCOC)C3=O)cc2C(C)=CC1(C)C. The molecule has 6 heteroatoms. The molecular weight excluding hydrogens is 442 g/mol. The maximum atomic E-state index is 13.3. The highest BCUT2D eigenvalue weighted by atomic mass is 32.2. The van der Waals surface area contributed by atoms with Crippen LogP contribution in [0.5, 0.6) is 0 Å². The molecule has 0 bridgehead atoms. The Labute approximate surface area is 207 Å². The smallest absolute Gasteiger partial charge is 0.266 e. The van der Waals surface area contributed by atoms with E-state index in [4.69, 9.17) is 9.73 Å². The van der Waals surface area contributed by atoms with E-state index in [1.165, 1.54) is 28.6 Å². The van der Waals surface area contributed by atoms with Crippen LogP contribution in [0, 0.1) is 6.92 Å². The van der Waals surface area contributed by atoms with Crippen LogP contribution in [-0.4, -0.2) is 48.3 Å². The van der Waals surface area contributed by atoms with Crippen LogP contribution in [0.15, 0.2) is 58.4 Å². The van der Waals surface area contributed by atoms with E-state index in [1.807, 2.05) is 36.4 Å². The van der Waals surface area contributed by atoms with Crippen molar-refractivity contribution in [1.82, 2.24) is 4.90 Å². The maximum Gasteiger partial charge on any atom is 0.266 e. The highest BCUT2D eigenvalue weighted by Crippen LogP contribution is 2.41. The van der Waals surface area contributed by atoms with Gasteiger partial charge in [-0.2, -0.15) is 0 Å². The lowest BCUT2D eigenvalue weighted by molar-refractivity contribution is -0.122. The first-order valence-electron chi connectivity index (χ1n) is 11.7. The molecule has 2 aliphatic heterocycles. The van der Waals surface area contributed by atoms with Gasteiger partial charge in [-0.1, -0.05) is 24.3 Å². The van der Waals surface area contributed by atoms with Gasteiger partial charge in [-0.3, -0.25) is 9.69 Å². The van der Waals surface area contributed by atoms with Gasteiger partial charge in [0.25, 0.3) is 5.91 Å². The first-order valence-corrected chi connectivity index (χ1v) is 12.5. The molecular formula is C28H33N3O2S. The molecule has 5 nitrogen and oxygen atoms in total. The second-order valence-electron chi connectivity index (χ2n) is 9.24. The largest absolute Gasteiger partial charge is 0.383 e. The van der Waals surface area contributed by atoms with Crippen molar-refractivity contribution in [3.05, 3.63) is 70.1 Å². The van der Waals surface area contributed by atoms with Crippen molar-refractivity contribution in [2.24, 2.45) is 4.99 Å². The highest BCUT2D eigenvalue weighted by Gasteiger charge is 2.34. The third kappa shape index (κ3) is 4.70. The topological polar surface area (TPSA) is 45.1 Å². The van der Waals surface area contributed by atoms with Gasteiger partial charge in [0.1, 0.15) is 0 Å². The number of rotatable bonds is 6. The summed E-state index contributed by atoms with van der Waals surface area (Å²) in [5.41, 5.74) is 6.76. The molecule has 2 aromatic carbocycles. The summed E-state index contributed by atoms with van der Waals surface area (Å²) in [6.07, 6.45) is 4.34. The van der Waals surface area contributed by atoms with Crippen molar-refractivity contribution in [2.45, 2.75) is 40.2 Å². The molecule has 0 saturated carbocycles. The third-order valence-corrected chi connectivity index (χ3v) is 7.36. The lowest BCUT2D eigenvalue weighted by Gasteiger charge is -2.43. The summed E-state index contributed by atoms with van der Waals surface area (Å²) in [5.74, 6) is -0.0302. The van der Waals surface area contributed by atoms with Crippen molar-refractivity contribution in [3.8, 4) is 0 Å². The molecule has 0 N–H and O–H groups in total. The van der Waals surface area contributed by atoms with Crippen molar-refractivity contribution < 1.29 is 9.53 Å². The Bertz CT molecular complexity index is 1180. The van der Waals surface area contributed by atoms with Crippen molar-refractivity contribution in [1.29, 1.82) is 0 Å². The second-order valence-corrected chi connectivity index (χ2v) is 10.3. The molecule has 2 aromatic rings. The summed E-state index contributed by atoms with van der Waals surface area (Å²) >= 11 is 1.43. The Kier molecular flexibility index (Phi) is 7.01. The fourth-order valence-corrected chi connectivity index (χ4v) is 5.72. The van der Waals surface area contributed by atoms with Gasteiger partial charge in [0.15, 0.2) is 5.17 Å². The minimum Gasteiger partial charge on any atom is -0.383 e. The molecule has 178 valence electrons. The molecule has 34 heavy (non-hydrogen) atoms. The summed E-state index contributed by atoms with van der Waals surface area (Å²) in [4.78, 5) is 22.9. The number of ether oxygens (including phenoxy) is 1. The minimum absolute atomic E-state index is 0.0276. The van der Waals surface area contributed by atoms with Gasteiger partial charge in [-0.15, -0.1) is 0 Å². The van der Waals surface area contributed by atoms with E-state index in [-0.39, 0.29) is 11.4 Å². The molecule has 0 spiro atoms. The lowest BCUT2D eigenvalue weighted by atomic mass is 9.87. The number of amides is 1. The van der Waals surface area contributed by atoms with Crippen LogP contribution in [-0.2, 0) is 9.53 Å². The maximum absolute atomic E-state index is 13.3. The number of methoxy groups -OCH3 is 1. The molecule has 0 aliphatic carbocycles. The van der Waals surface area contributed by atoms with Gasteiger partial charge >= 0.3 is 0 Å². The van der Waals surface area contributed by atoms with E-state index < -0.39 is 0 Å². The van der Waals surface area contributed by atoms with Crippen molar-refractivity contribution in [3.63, 3.8) is 0 Å². The normalized spacial score (nSPS) is 19.7. The number of likely N-dealkylation sites (N-methyl/N-ethyl adjacent to an activating group) is 1. The number of para-hydroxylation sites is 1. The molecule has 2 heterocycles. The van der Waals surface area contributed by atoms with E-state index in [0.29, 0.717) is 23.2 Å². The quantitative estimate of drug-likeness (QED) is 0.462. The van der Waals surface area contributed by atoms with Gasteiger partial charge in [0, 0.05) is 24.9 Å². The number of thioether (sulfide) groups is 1. The summed E-state index contributed by atoms with van der Waals surface area (Å²) in [7, 11) is 1.64. The Morgan fingerprint density at radius 1 is 1.15 bits per heavy atom. The monoisotopic (exact) mass is 475 g/mol. The van der Waals surface area contributed by atoms with Crippen LogP contribution in [0.2, 0.25) is 0 Å². The zero-order valence-corrected chi connectivity index (χ0v) is 21.7. The molecule has 0 radical (unpaired) electrons. The number of anilines is 1. The number of fused-ring (bicyclic) bond motifs is 1. The number of allylic oxidation sites excluding steroid dienone is 1. The highest BCUT2D eigenvalue weighted by molar-refractivity contribution is 8.18. The fraction of sp³-hybridized carbons (Fsp3) is 0.357. The minimum atomic E-state index is -0.0302. The first kappa shape index (κ1) is 24.3. The average molecular weight is 476 g/mol. The van der Waals surface area contributed by atoms with Gasteiger partial charge in [0.2, 0.25) is 0 Å². The van der Waals surface area contributed by atoms with Crippen LogP contribution in [0.3, 0.4) is 0 Å². The zero-order chi connectivity index (χ0) is 24.5. The summed E-state index contributed by atoms with van der Waals surface area (Å²) in [6.45, 7) is 12.9. The van der Waals surface area contributed by atoms with Crippen LogP contribution in [0.4, 0.5) is 11.4 Å². The van der Waals surface area contributed by atoms with Gasteiger partial charge in [0.05, 0.1) is 29.3 Å². The van der Waals surface area contributed by atoms with E-state index in [2.05, 4.69) is 57.7 Å². The van der Waals surface area contributed by atoms with Crippen molar-refractivity contribution in [2.75, 3.05) is 31.7 Å². The van der Waals surface area contributed by atoms with Crippen LogP contribution >= 0.6 is 11.8 Å². The summed E-state index contributed by atoms with van der Waals surface area (Å²) in [5, 5.41) is 0.685. The lowest BCUT2D eigenvalue weighted by Crippen LogP contribution is -2.44. The number of aliphatic imine (C=N–C) groups is 1. The molecule has 0 atom stereocenters. The number of carbonyl (C=O) groups is 1. The zero-order valence-electron chi connectivity index (χ0n) is 20.9. The average Bonchev–Trinajstić information content (AvgIpc) is 3.07. The number of aryl methyl sites for hydroxylation is 1. The standard InChI is InChI=1S/C28H33N3O2S/c1-7-31-24-15-19(2)21(16-23(24)20(3)18-28(31,4)5)17-25-26(32)30(13-14-33-6)27(34-25)29-22-11-9-8-10-12-22/h8-12,15-18H,7,13-14H2,1-6H3/b25-17+,29-27?. The molecule has 1 fully saturated rings. The van der Waals surface area contributed by atoms with Gasteiger partial charge < -0.3 is 9.64 Å². The molecule has 0 aromatic heterocycles. The first-order chi connectivity index (χ1) is 16.2. The molecule has 2 aliphatic rings. The summed E-state index contributed by atoms with van der Waals surface area (Å²) < 4.78 is 5.25. The third-order valence-electron chi connectivity index (χ3n) is 6.36. The molecule has 1 amide bonds. The number of nitrogens with zero attached hydrogens (tertiary/aromatic N) is 3. The van der Waals surface area contributed by atoms with E-state index in [0.717, 1.165) is 23.4 Å². The van der Waals surface area contributed by atoms with Crippen molar-refractivity contribution >= 4 is 45.9 Å². The summed E-state index contributed by atoms with van der Waals surface area (Å²) in [6, 6.07) is 14.2. The number of hydrogen-bond acceptors (Lipinski definition) is 5. The fourth-order valence-electron chi connectivity index (χ4n) is 4.70. The predicted octanol–water partition coefficient (Wildman–Crippen LogP) is 6.27. The van der Waals surface area contributed by atoms with Gasteiger partial charge in [-0.05, 0) is 93.4 Å². The van der Waals surface area contributed by atoms with Gasteiger partial charge in [-0.25, -0.2) is 4.99 Å². The molecule has 1 saturated heterocycles. The predicted molar refractivity (Wildman–Crippen MR) is 145 cm³/mol. The van der Waals surface area contributed by atoms with E-state index in [1.54, 1.807) is 12.0 Å². The molecule has 0 unspecified atom stereocenters. The number of benzene rings is 2. The Hall–Kier alpha value is -2.83. The number of amidine groups is 1. The molecule has 4 rings (SSSR count). The Balaban J connectivity index is 1.73. The number of carbonyl (C=O) groups excluding carboxylic acids is 1. The van der Waals surface area contributed by atoms with E-state index >= 15 is 0 Å². The Morgan fingerprint density at radius 3 is 2.56 bits per heavy atom. The van der Waals surface area contributed by atoms with E-state index in [9.17, 15) is 4.79 Å². The second kappa shape index (κ2) is 9.80. The van der Waals surface area contributed by atoms with Crippen LogP contribution < -0.4 is 4.90 Å². The van der Waals surface area contributed by atoms with Crippen LogP contribution in [0.25, 0.3) is 11.6 Å². The Morgan fingerprint density at radius 2 is 1.88 bits per heavy atom. The number of hydrogen-bond donors (Lipinski definition) is 0.